The van der Waals surface area contributed by atoms with Gasteiger partial charge in [-0.15, -0.1) is 0 Å². The van der Waals surface area contributed by atoms with E-state index in [-0.39, 0.29) is 23.9 Å². The zero-order chi connectivity index (χ0) is 38.5. The fourth-order valence-corrected chi connectivity index (χ4v) is 8.69. The first-order valence-corrected chi connectivity index (χ1v) is 22.3. The molecule has 2 atom stereocenters. The molecule has 4 heterocycles. The van der Waals surface area contributed by atoms with Crippen molar-refractivity contribution in [3.63, 3.8) is 0 Å². The standard InChI is InChI=1S/C22H34N2O2.C20H30N2O2.C2H5I/c1-5-15-26-22-19(18-11-13-23(6-2)14-12-18)9-10-21-20(22)8-7-16(3)24(21)17(4)25;1-4-13-24-20-17(16-9-11-21-12-10-16)7-8-19-18(20)6-5-14(2)22(19)15(3)23;1-2-3/h9-10,16,18H,5-8,11-15H2,1-4H3;7-8,14,16,21H,4-6,9-13H2,1-3H3;2H2,1H3/t16-;14-;/m00./s1. The number of likely N-dealkylation sites (tertiary alicyclic amines) is 1. The Morgan fingerprint density at radius 3 is 1.49 bits per heavy atom. The average molecular weight is 845 g/mol. The molecule has 0 saturated carbocycles. The summed E-state index contributed by atoms with van der Waals surface area (Å²) in [6.07, 6.45) is 10.7. The van der Waals surface area contributed by atoms with Crippen LogP contribution in [0.3, 0.4) is 0 Å². The van der Waals surface area contributed by atoms with Crippen LogP contribution in [-0.4, -0.2) is 79.2 Å². The number of alkyl halides is 1. The van der Waals surface area contributed by atoms with Crippen molar-refractivity contribution in [2.45, 2.75) is 144 Å². The minimum Gasteiger partial charge on any atom is -0.493 e. The van der Waals surface area contributed by atoms with Gasteiger partial charge in [-0.2, -0.15) is 0 Å². The first kappa shape index (κ1) is 43.4. The van der Waals surface area contributed by atoms with E-state index in [1.54, 1.807) is 13.8 Å². The van der Waals surface area contributed by atoms with Gasteiger partial charge in [0.25, 0.3) is 0 Å². The van der Waals surface area contributed by atoms with E-state index in [4.69, 9.17) is 9.47 Å². The molecule has 8 nitrogen and oxygen atoms in total. The maximum absolute atomic E-state index is 12.2. The Morgan fingerprint density at radius 1 is 0.698 bits per heavy atom. The van der Waals surface area contributed by atoms with Gasteiger partial charge in [0.1, 0.15) is 11.5 Å². The highest BCUT2D eigenvalue weighted by Gasteiger charge is 2.33. The molecule has 0 bridgehead atoms. The molecule has 0 spiro atoms. The zero-order valence-corrected chi connectivity index (χ0v) is 36.4. The van der Waals surface area contributed by atoms with Crippen LogP contribution in [0.15, 0.2) is 24.3 Å². The summed E-state index contributed by atoms with van der Waals surface area (Å²) in [6, 6.07) is 9.31. The lowest BCUT2D eigenvalue weighted by molar-refractivity contribution is -0.117. The minimum atomic E-state index is 0.125. The monoisotopic (exact) mass is 844 g/mol. The van der Waals surface area contributed by atoms with Gasteiger partial charge < -0.3 is 29.5 Å². The Balaban J connectivity index is 0.000000221. The predicted octanol–water partition coefficient (Wildman–Crippen LogP) is 9.43. The van der Waals surface area contributed by atoms with Gasteiger partial charge in [-0.3, -0.25) is 9.59 Å². The number of benzene rings is 2. The summed E-state index contributed by atoms with van der Waals surface area (Å²) in [6.45, 7) is 23.4. The third-order valence-corrected chi connectivity index (χ3v) is 11.4. The Bertz CT molecular complexity index is 1470. The van der Waals surface area contributed by atoms with Crippen LogP contribution in [0.25, 0.3) is 0 Å². The first-order chi connectivity index (χ1) is 25.6. The molecule has 4 aliphatic heterocycles. The summed E-state index contributed by atoms with van der Waals surface area (Å²) in [4.78, 5) is 30.8. The van der Waals surface area contributed by atoms with Gasteiger partial charge in [-0.05, 0) is 150 Å². The average Bonchev–Trinajstić information content (AvgIpc) is 3.16. The van der Waals surface area contributed by atoms with E-state index in [2.05, 4.69) is 98.6 Å². The van der Waals surface area contributed by atoms with Crippen molar-refractivity contribution in [2.24, 2.45) is 0 Å². The number of piperidine rings is 2. The van der Waals surface area contributed by atoms with Crippen molar-refractivity contribution in [1.82, 2.24) is 10.2 Å². The van der Waals surface area contributed by atoms with Gasteiger partial charge in [0.15, 0.2) is 0 Å². The van der Waals surface area contributed by atoms with Crippen LogP contribution in [0.1, 0.15) is 141 Å². The number of halogens is 1. The summed E-state index contributed by atoms with van der Waals surface area (Å²) >= 11 is 2.29. The van der Waals surface area contributed by atoms with Crippen molar-refractivity contribution >= 4 is 45.8 Å². The van der Waals surface area contributed by atoms with E-state index in [0.29, 0.717) is 11.8 Å². The van der Waals surface area contributed by atoms with Gasteiger partial charge >= 0.3 is 0 Å². The Labute approximate surface area is 335 Å². The number of ether oxygens (including phenoxy) is 2. The third-order valence-electron chi connectivity index (χ3n) is 11.4. The quantitative estimate of drug-likeness (QED) is 0.201. The predicted molar refractivity (Wildman–Crippen MR) is 230 cm³/mol. The molecule has 296 valence electrons. The molecule has 2 fully saturated rings. The van der Waals surface area contributed by atoms with Crippen LogP contribution in [-0.2, 0) is 22.4 Å². The maximum Gasteiger partial charge on any atom is 0.224 e. The number of amides is 2. The van der Waals surface area contributed by atoms with Gasteiger partial charge in [0.2, 0.25) is 11.8 Å². The zero-order valence-electron chi connectivity index (χ0n) is 34.2. The second-order valence-electron chi connectivity index (χ2n) is 15.2. The number of hydrogen-bond donors (Lipinski definition) is 1. The van der Waals surface area contributed by atoms with Gasteiger partial charge in [0.05, 0.1) is 24.6 Å². The molecule has 4 aliphatic rings. The molecule has 6 rings (SSSR count). The van der Waals surface area contributed by atoms with Crippen LogP contribution in [0.5, 0.6) is 11.5 Å². The Kier molecular flexibility index (Phi) is 17.7. The molecule has 2 saturated heterocycles. The topological polar surface area (TPSA) is 74.4 Å². The van der Waals surface area contributed by atoms with Crippen LogP contribution in [0.2, 0.25) is 0 Å². The summed E-state index contributed by atoms with van der Waals surface area (Å²) in [5.41, 5.74) is 7.34. The number of hydrogen-bond acceptors (Lipinski definition) is 6. The molecule has 0 unspecified atom stereocenters. The second kappa shape index (κ2) is 21.6. The number of carbonyl (C=O) groups is 2. The molecule has 0 aliphatic carbocycles. The number of anilines is 2. The highest BCUT2D eigenvalue weighted by Crippen LogP contribution is 2.45. The molecule has 0 radical (unpaired) electrons. The Morgan fingerprint density at radius 2 is 1.11 bits per heavy atom. The number of carbonyl (C=O) groups excluding carboxylic acids is 2. The molecular formula is C44H69IN4O4. The number of rotatable bonds is 9. The van der Waals surface area contributed by atoms with Crippen molar-refractivity contribution in [1.29, 1.82) is 0 Å². The van der Waals surface area contributed by atoms with Crippen LogP contribution in [0.4, 0.5) is 11.4 Å². The molecular weight excluding hydrogens is 775 g/mol. The summed E-state index contributed by atoms with van der Waals surface area (Å²) in [5, 5.41) is 3.44. The van der Waals surface area contributed by atoms with Crippen molar-refractivity contribution in [3.05, 3.63) is 46.5 Å². The normalized spacial score (nSPS) is 20.6. The van der Waals surface area contributed by atoms with E-state index in [1.165, 1.54) is 52.6 Å². The van der Waals surface area contributed by atoms with Gasteiger partial charge in [0, 0.05) is 37.1 Å². The third kappa shape index (κ3) is 10.9. The van der Waals surface area contributed by atoms with E-state index >= 15 is 0 Å². The summed E-state index contributed by atoms with van der Waals surface area (Å²) in [5.74, 6) is 3.54. The lowest BCUT2D eigenvalue weighted by Crippen LogP contribution is -2.41. The first-order valence-electron chi connectivity index (χ1n) is 20.8. The molecule has 2 aromatic rings. The molecule has 0 aromatic heterocycles. The molecule has 2 amide bonds. The largest absolute Gasteiger partial charge is 0.493 e. The summed E-state index contributed by atoms with van der Waals surface area (Å²) < 4.78 is 13.8. The maximum atomic E-state index is 12.2. The van der Waals surface area contributed by atoms with E-state index in [0.717, 1.165) is 107 Å². The number of nitrogens with one attached hydrogen (secondary N) is 1. The van der Waals surface area contributed by atoms with E-state index in [9.17, 15) is 9.59 Å². The van der Waals surface area contributed by atoms with Crippen LogP contribution >= 0.6 is 22.6 Å². The molecule has 9 heteroatoms. The molecule has 2 aromatic carbocycles. The van der Waals surface area contributed by atoms with Gasteiger partial charge in [-0.1, -0.05) is 62.4 Å². The van der Waals surface area contributed by atoms with Crippen LogP contribution < -0.4 is 24.6 Å². The fraction of sp³-hybridized carbons (Fsp3) is 0.682. The summed E-state index contributed by atoms with van der Waals surface area (Å²) in [7, 11) is 0. The van der Waals surface area contributed by atoms with Crippen molar-refractivity contribution < 1.29 is 19.1 Å². The fourth-order valence-electron chi connectivity index (χ4n) is 8.69. The lowest BCUT2D eigenvalue weighted by Gasteiger charge is -2.37. The molecule has 1 N–H and O–H groups in total. The van der Waals surface area contributed by atoms with Crippen LogP contribution in [0, 0.1) is 0 Å². The highest BCUT2D eigenvalue weighted by atomic mass is 127. The van der Waals surface area contributed by atoms with Crippen molar-refractivity contribution in [3.8, 4) is 11.5 Å². The highest BCUT2D eigenvalue weighted by molar-refractivity contribution is 14.1. The van der Waals surface area contributed by atoms with E-state index in [1.807, 2.05) is 9.80 Å². The van der Waals surface area contributed by atoms with Crippen molar-refractivity contribution in [2.75, 3.05) is 60.2 Å². The molecule has 53 heavy (non-hydrogen) atoms. The SMILES string of the molecule is CCCOc1c(C2CCN(CC)CC2)ccc2c1CC[C@H](C)N2C(C)=O.CCCOc1c(C2CCNCC2)ccc2c1CC[C@H](C)N2C(C)=O.CCI. The van der Waals surface area contributed by atoms with Gasteiger partial charge in [-0.25, -0.2) is 0 Å². The number of nitrogens with zero attached hydrogens (tertiary/aromatic N) is 3. The van der Waals surface area contributed by atoms with E-state index < -0.39 is 0 Å². The number of fused-ring (bicyclic) bond motifs is 2. The Hall–Kier alpha value is -2.37. The second-order valence-corrected chi connectivity index (χ2v) is 16.7. The minimum absolute atomic E-state index is 0.125. The lowest BCUT2D eigenvalue weighted by atomic mass is 9.85. The smallest absolute Gasteiger partial charge is 0.224 e.